The molecule has 0 aromatic carbocycles. The van der Waals surface area contributed by atoms with E-state index in [-0.39, 0.29) is 12.6 Å². The lowest BCUT2D eigenvalue weighted by Crippen LogP contribution is -2.34. The van der Waals surface area contributed by atoms with Crippen LogP contribution in [0.4, 0.5) is 0 Å². The summed E-state index contributed by atoms with van der Waals surface area (Å²) in [4.78, 5) is 0. The summed E-state index contributed by atoms with van der Waals surface area (Å²) in [6, 6.07) is 0.263. The average molecular weight is 185 g/mol. The molecule has 13 heavy (non-hydrogen) atoms. The van der Waals surface area contributed by atoms with Crippen molar-refractivity contribution in [2.45, 2.75) is 45.6 Å². The minimum atomic E-state index is 0.253. The molecular formula is C11H23NO. The van der Waals surface area contributed by atoms with Gasteiger partial charge in [0.05, 0.1) is 6.61 Å². The van der Waals surface area contributed by atoms with Gasteiger partial charge in [-0.3, -0.25) is 0 Å². The molecule has 0 bridgehead atoms. The van der Waals surface area contributed by atoms with E-state index in [2.05, 4.69) is 12.2 Å². The summed E-state index contributed by atoms with van der Waals surface area (Å²) in [5.74, 6) is 1.79. The highest BCUT2D eigenvalue weighted by Gasteiger charge is 2.17. The van der Waals surface area contributed by atoms with Gasteiger partial charge in [-0.05, 0) is 38.1 Å². The molecule has 1 fully saturated rings. The van der Waals surface area contributed by atoms with Gasteiger partial charge in [-0.25, -0.2) is 0 Å². The maximum absolute atomic E-state index is 8.84. The van der Waals surface area contributed by atoms with Crippen LogP contribution in [0.1, 0.15) is 39.5 Å². The van der Waals surface area contributed by atoms with E-state index in [0.717, 1.165) is 18.4 Å². The topological polar surface area (TPSA) is 32.3 Å². The summed E-state index contributed by atoms with van der Waals surface area (Å²) in [5.41, 5.74) is 0. The second-order valence-corrected chi connectivity index (χ2v) is 4.62. The van der Waals surface area contributed by atoms with E-state index < -0.39 is 0 Å². The Kier molecular flexibility index (Phi) is 4.74. The van der Waals surface area contributed by atoms with Crippen LogP contribution < -0.4 is 5.32 Å². The molecule has 2 N–H and O–H groups in total. The van der Waals surface area contributed by atoms with Crippen molar-refractivity contribution in [2.75, 3.05) is 13.2 Å². The Balaban J connectivity index is 2.08. The van der Waals surface area contributed by atoms with E-state index in [9.17, 15) is 0 Å². The van der Waals surface area contributed by atoms with Crippen LogP contribution in [0.15, 0.2) is 0 Å². The Morgan fingerprint density at radius 2 is 1.92 bits per heavy atom. The first-order valence-corrected chi connectivity index (χ1v) is 5.56. The number of aliphatic hydroxyl groups excluding tert-OH is 1. The SMILES string of the molecule is CC1CCC(CNC(C)CO)CC1. The van der Waals surface area contributed by atoms with Gasteiger partial charge in [-0.15, -0.1) is 0 Å². The first-order chi connectivity index (χ1) is 6.22. The first kappa shape index (κ1) is 11.0. The van der Waals surface area contributed by atoms with Crippen LogP contribution in [0.5, 0.6) is 0 Å². The fraction of sp³-hybridized carbons (Fsp3) is 1.00. The van der Waals surface area contributed by atoms with Gasteiger partial charge in [0.2, 0.25) is 0 Å². The molecule has 0 aromatic rings. The molecule has 78 valence electrons. The van der Waals surface area contributed by atoms with Crippen molar-refractivity contribution < 1.29 is 5.11 Å². The number of nitrogens with one attached hydrogen (secondary N) is 1. The molecule has 1 saturated carbocycles. The van der Waals surface area contributed by atoms with Crippen molar-refractivity contribution in [2.24, 2.45) is 11.8 Å². The lowest BCUT2D eigenvalue weighted by atomic mass is 9.83. The quantitative estimate of drug-likeness (QED) is 0.700. The highest BCUT2D eigenvalue weighted by Crippen LogP contribution is 2.27. The first-order valence-electron chi connectivity index (χ1n) is 5.56. The van der Waals surface area contributed by atoms with E-state index in [0.29, 0.717) is 0 Å². The van der Waals surface area contributed by atoms with Gasteiger partial charge in [0.15, 0.2) is 0 Å². The molecule has 0 heterocycles. The lowest BCUT2D eigenvalue weighted by molar-refractivity contribution is 0.229. The third kappa shape index (κ3) is 4.10. The summed E-state index contributed by atoms with van der Waals surface area (Å²) in [6.45, 7) is 5.73. The minimum Gasteiger partial charge on any atom is -0.395 e. The average Bonchev–Trinajstić information content (AvgIpc) is 2.16. The summed E-state index contributed by atoms with van der Waals surface area (Å²) < 4.78 is 0. The summed E-state index contributed by atoms with van der Waals surface area (Å²) >= 11 is 0. The van der Waals surface area contributed by atoms with E-state index in [1.54, 1.807) is 0 Å². The van der Waals surface area contributed by atoms with Crippen LogP contribution in [-0.2, 0) is 0 Å². The Labute approximate surface area is 81.7 Å². The van der Waals surface area contributed by atoms with Crippen molar-refractivity contribution >= 4 is 0 Å². The van der Waals surface area contributed by atoms with E-state index >= 15 is 0 Å². The molecule has 2 nitrogen and oxygen atoms in total. The number of hydrogen-bond acceptors (Lipinski definition) is 2. The smallest absolute Gasteiger partial charge is 0.0581 e. The highest BCUT2D eigenvalue weighted by molar-refractivity contribution is 4.72. The zero-order valence-electron chi connectivity index (χ0n) is 8.92. The fourth-order valence-corrected chi connectivity index (χ4v) is 1.97. The maximum atomic E-state index is 8.84. The molecule has 2 heteroatoms. The second kappa shape index (κ2) is 5.61. The monoisotopic (exact) mass is 185 g/mol. The van der Waals surface area contributed by atoms with Crippen LogP contribution in [0, 0.1) is 11.8 Å². The van der Waals surface area contributed by atoms with E-state index in [4.69, 9.17) is 5.11 Å². The second-order valence-electron chi connectivity index (χ2n) is 4.62. The molecular weight excluding hydrogens is 162 g/mol. The predicted molar refractivity (Wildman–Crippen MR) is 55.7 cm³/mol. The Morgan fingerprint density at radius 3 is 2.46 bits per heavy atom. The van der Waals surface area contributed by atoms with Gasteiger partial charge in [0.25, 0.3) is 0 Å². The Hall–Kier alpha value is -0.0800. The Bertz CT molecular complexity index is 130. The normalized spacial score (nSPS) is 31.6. The van der Waals surface area contributed by atoms with Gasteiger partial charge in [-0.2, -0.15) is 0 Å². The van der Waals surface area contributed by atoms with Crippen molar-refractivity contribution in [3.8, 4) is 0 Å². The standard InChI is InChI=1S/C11H23NO/c1-9-3-5-11(6-4-9)7-12-10(2)8-13/h9-13H,3-8H2,1-2H3. The molecule has 1 aliphatic rings. The number of aliphatic hydroxyl groups is 1. The molecule has 0 saturated heterocycles. The lowest BCUT2D eigenvalue weighted by Gasteiger charge is -2.27. The predicted octanol–water partition coefficient (Wildman–Crippen LogP) is 1.78. The van der Waals surface area contributed by atoms with Crippen molar-refractivity contribution in [1.82, 2.24) is 5.32 Å². The van der Waals surface area contributed by atoms with Gasteiger partial charge in [-0.1, -0.05) is 19.8 Å². The number of hydrogen-bond donors (Lipinski definition) is 2. The summed E-state index contributed by atoms with van der Waals surface area (Å²) in [5, 5.41) is 12.2. The third-order valence-electron chi connectivity index (χ3n) is 3.16. The van der Waals surface area contributed by atoms with Crippen LogP contribution in [0.2, 0.25) is 0 Å². The van der Waals surface area contributed by atoms with Crippen molar-refractivity contribution in [3.05, 3.63) is 0 Å². The van der Waals surface area contributed by atoms with Gasteiger partial charge < -0.3 is 10.4 Å². The largest absolute Gasteiger partial charge is 0.395 e. The molecule has 0 amide bonds. The fourth-order valence-electron chi connectivity index (χ4n) is 1.97. The molecule has 0 aromatic heterocycles. The molecule has 0 aliphatic heterocycles. The molecule has 1 rings (SSSR count). The third-order valence-corrected chi connectivity index (χ3v) is 3.16. The number of rotatable bonds is 4. The zero-order chi connectivity index (χ0) is 9.68. The molecule has 1 unspecified atom stereocenters. The maximum Gasteiger partial charge on any atom is 0.0581 e. The highest BCUT2D eigenvalue weighted by atomic mass is 16.3. The van der Waals surface area contributed by atoms with Crippen LogP contribution in [-0.4, -0.2) is 24.3 Å². The van der Waals surface area contributed by atoms with Gasteiger partial charge >= 0.3 is 0 Å². The minimum absolute atomic E-state index is 0.253. The van der Waals surface area contributed by atoms with Crippen molar-refractivity contribution in [1.29, 1.82) is 0 Å². The van der Waals surface area contributed by atoms with E-state index in [1.165, 1.54) is 25.7 Å². The van der Waals surface area contributed by atoms with Crippen molar-refractivity contribution in [3.63, 3.8) is 0 Å². The molecule has 0 radical (unpaired) electrons. The summed E-state index contributed by atoms with van der Waals surface area (Å²) in [6.07, 6.45) is 5.51. The van der Waals surface area contributed by atoms with Gasteiger partial charge in [0, 0.05) is 6.04 Å². The van der Waals surface area contributed by atoms with E-state index in [1.807, 2.05) is 6.92 Å². The van der Waals surface area contributed by atoms with Crippen LogP contribution in [0.3, 0.4) is 0 Å². The molecule has 1 aliphatic carbocycles. The molecule has 1 atom stereocenters. The molecule has 0 spiro atoms. The summed E-state index contributed by atoms with van der Waals surface area (Å²) in [7, 11) is 0. The van der Waals surface area contributed by atoms with Gasteiger partial charge in [0.1, 0.15) is 0 Å². The Morgan fingerprint density at radius 1 is 1.31 bits per heavy atom. The van der Waals surface area contributed by atoms with Crippen LogP contribution in [0.25, 0.3) is 0 Å². The zero-order valence-corrected chi connectivity index (χ0v) is 8.92. The van der Waals surface area contributed by atoms with Crippen LogP contribution >= 0.6 is 0 Å².